The second-order valence-corrected chi connectivity index (χ2v) is 17.3. The lowest BCUT2D eigenvalue weighted by molar-refractivity contribution is -0.144. The van der Waals surface area contributed by atoms with Gasteiger partial charge in [0.1, 0.15) is 18.2 Å². The molecule has 0 radical (unpaired) electrons. The number of rotatable bonds is 11. The lowest BCUT2D eigenvalue weighted by Gasteiger charge is -2.39. The fraction of sp³-hybridized carbons (Fsp3) is 0.658. The van der Waals surface area contributed by atoms with Crippen molar-refractivity contribution in [2.45, 2.75) is 118 Å². The van der Waals surface area contributed by atoms with Gasteiger partial charge in [-0.15, -0.1) is 11.3 Å². The number of Topliss-reactive ketones (excluding diaryl/α,β-unsaturated/α-hetero) is 1. The molecule has 0 spiro atoms. The first-order chi connectivity index (χ1) is 23.3. The van der Waals surface area contributed by atoms with E-state index >= 15 is 0 Å². The number of hydrogen-bond acceptors (Lipinski definition) is 9. The van der Waals surface area contributed by atoms with Crippen LogP contribution in [0, 0.1) is 17.8 Å². The van der Waals surface area contributed by atoms with Gasteiger partial charge in [-0.25, -0.2) is 9.78 Å². The highest BCUT2D eigenvalue weighted by Gasteiger charge is 2.44. The van der Waals surface area contributed by atoms with Gasteiger partial charge in [0, 0.05) is 32.5 Å². The van der Waals surface area contributed by atoms with Crippen molar-refractivity contribution in [3.05, 3.63) is 41.0 Å². The standard InChI is InChI=1S/C38H56N4O7S/c1-24(26-10-12-27(13-11-26)32-25(2)39-23-50-32)18-30(44)29-19-28(43)20-42(29)34(46)33(36(3,4)5)40-31(45)21-48-22-38(9)14-16-41(17-15-38)35(47)49-37(6,7)8/h10-13,23-24,28-29,33,43H,14-22H2,1-9H3,(H,40,45)/t24-,28-,29+,33-/m1/s1. The number of aliphatic hydroxyl groups is 1. The van der Waals surface area contributed by atoms with E-state index in [1.54, 1.807) is 16.2 Å². The van der Waals surface area contributed by atoms with E-state index in [4.69, 9.17) is 9.47 Å². The number of nitrogens with zero attached hydrogens (tertiary/aromatic N) is 3. The van der Waals surface area contributed by atoms with Gasteiger partial charge >= 0.3 is 6.09 Å². The van der Waals surface area contributed by atoms with Crippen molar-refractivity contribution in [3.8, 4) is 10.4 Å². The minimum Gasteiger partial charge on any atom is -0.444 e. The molecule has 3 amide bonds. The molecule has 0 unspecified atom stereocenters. The molecule has 12 heteroatoms. The fourth-order valence-corrected chi connectivity index (χ4v) is 7.38. The number of β-amino-alcohol motifs (C(OH)–C–C–N with tert-alkyl or cyclic N) is 1. The molecule has 2 N–H and O–H groups in total. The van der Waals surface area contributed by atoms with Crippen molar-refractivity contribution in [2.75, 3.05) is 32.8 Å². The van der Waals surface area contributed by atoms with E-state index in [0.29, 0.717) is 32.5 Å². The summed E-state index contributed by atoms with van der Waals surface area (Å²) < 4.78 is 11.4. The van der Waals surface area contributed by atoms with Gasteiger partial charge in [0.15, 0.2) is 5.78 Å². The van der Waals surface area contributed by atoms with Gasteiger partial charge in [0.25, 0.3) is 0 Å². The first-order valence-electron chi connectivity index (χ1n) is 17.6. The minimum absolute atomic E-state index is 0.0319. The van der Waals surface area contributed by atoms with E-state index in [0.717, 1.165) is 21.7 Å². The summed E-state index contributed by atoms with van der Waals surface area (Å²) in [7, 11) is 0. The number of carbonyl (C=O) groups excluding carboxylic acids is 4. The van der Waals surface area contributed by atoms with Crippen LogP contribution in [0.1, 0.15) is 98.2 Å². The molecule has 50 heavy (non-hydrogen) atoms. The number of aromatic nitrogens is 1. The van der Waals surface area contributed by atoms with Crippen LogP contribution in [-0.2, 0) is 23.9 Å². The van der Waals surface area contributed by atoms with Gasteiger partial charge in [-0.1, -0.05) is 58.9 Å². The third-order valence-corrected chi connectivity index (χ3v) is 10.6. The Kier molecular flexibility index (Phi) is 12.5. The summed E-state index contributed by atoms with van der Waals surface area (Å²) in [5.74, 6) is -1.02. The fourth-order valence-electron chi connectivity index (χ4n) is 6.57. The largest absolute Gasteiger partial charge is 0.444 e. The van der Waals surface area contributed by atoms with Crippen molar-refractivity contribution < 1.29 is 33.8 Å². The zero-order chi connectivity index (χ0) is 37.0. The molecule has 3 heterocycles. The van der Waals surface area contributed by atoms with Crippen molar-refractivity contribution in [2.24, 2.45) is 10.8 Å². The Morgan fingerprint density at radius 1 is 1.08 bits per heavy atom. The van der Waals surface area contributed by atoms with E-state index in [1.807, 2.05) is 85.2 Å². The SMILES string of the molecule is Cc1ncsc1-c1ccc([C@H](C)CC(=O)[C@@H]2C[C@@H](O)CN2C(=O)[C@@H](NC(=O)COCC2(C)CCN(C(=O)OC(C)(C)C)CC2)C(C)(C)C)cc1. The predicted octanol–water partition coefficient (Wildman–Crippen LogP) is 5.73. The molecular formula is C38H56N4O7S. The van der Waals surface area contributed by atoms with Gasteiger partial charge in [-0.3, -0.25) is 14.4 Å². The van der Waals surface area contributed by atoms with Crippen LogP contribution in [0.4, 0.5) is 4.79 Å². The molecule has 4 rings (SSSR count). The van der Waals surface area contributed by atoms with Crippen LogP contribution in [0.2, 0.25) is 0 Å². The molecule has 0 saturated carbocycles. The molecule has 2 aromatic rings. The van der Waals surface area contributed by atoms with E-state index in [2.05, 4.69) is 17.2 Å². The Labute approximate surface area is 301 Å². The number of piperidine rings is 1. The summed E-state index contributed by atoms with van der Waals surface area (Å²) in [6.45, 7) is 18.4. The maximum absolute atomic E-state index is 14.0. The average molecular weight is 713 g/mol. The second-order valence-electron chi connectivity index (χ2n) is 16.5. The van der Waals surface area contributed by atoms with Crippen LogP contribution in [0.25, 0.3) is 10.4 Å². The number of aryl methyl sites for hydroxylation is 1. The Balaban J connectivity index is 1.32. The smallest absolute Gasteiger partial charge is 0.410 e. The molecule has 2 saturated heterocycles. The van der Waals surface area contributed by atoms with E-state index in [-0.39, 0.29) is 55.1 Å². The highest BCUT2D eigenvalue weighted by atomic mass is 32.1. The van der Waals surface area contributed by atoms with Crippen molar-refractivity contribution >= 4 is 35.0 Å². The van der Waals surface area contributed by atoms with Crippen molar-refractivity contribution in [3.63, 3.8) is 0 Å². The zero-order valence-corrected chi connectivity index (χ0v) is 32.0. The number of amides is 3. The van der Waals surface area contributed by atoms with Gasteiger partial charge in [-0.2, -0.15) is 0 Å². The van der Waals surface area contributed by atoms with Crippen LogP contribution in [0.3, 0.4) is 0 Å². The molecule has 4 atom stereocenters. The number of nitrogens with one attached hydrogen (secondary N) is 1. The maximum Gasteiger partial charge on any atom is 0.410 e. The number of carbonyl (C=O) groups is 4. The predicted molar refractivity (Wildman–Crippen MR) is 194 cm³/mol. The van der Waals surface area contributed by atoms with E-state index < -0.39 is 35.1 Å². The van der Waals surface area contributed by atoms with E-state index in [1.165, 1.54) is 4.90 Å². The average Bonchev–Trinajstić information content (AvgIpc) is 3.63. The van der Waals surface area contributed by atoms with Gasteiger partial charge < -0.3 is 29.7 Å². The molecule has 1 aromatic heterocycles. The molecule has 2 fully saturated rings. The van der Waals surface area contributed by atoms with E-state index in [9.17, 15) is 24.3 Å². The summed E-state index contributed by atoms with van der Waals surface area (Å²) in [4.78, 5) is 61.9. The highest BCUT2D eigenvalue weighted by Crippen LogP contribution is 2.33. The molecule has 0 aliphatic carbocycles. The molecule has 1 aromatic carbocycles. The number of ketones is 1. The highest BCUT2D eigenvalue weighted by molar-refractivity contribution is 7.13. The van der Waals surface area contributed by atoms with Gasteiger partial charge in [0.05, 0.1) is 34.8 Å². The van der Waals surface area contributed by atoms with Crippen LogP contribution in [0.5, 0.6) is 0 Å². The number of hydrogen-bond donors (Lipinski definition) is 2. The molecule has 11 nitrogen and oxygen atoms in total. The lowest BCUT2D eigenvalue weighted by atomic mass is 9.81. The third-order valence-electron chi connectivity index (χ3n) is 9.65. The Morgan fingerprint density at radius 3 is 2.28 bits per heavy atom. The topological polar surface area (TPSA) is 138 Å². The number of ether oxygens (including phenoxy) is 2. The van der Waals surface area contributed by atoms with Crippen LogP contribution < -0.4 is 5.32 Å². The summed E-state index contributed by atoms with van der Waals surface area (Å²) in [6, 6.07) is 6.44. The number of thiazole rings is 1. The number of benzene rings is 1. The number of aliphatic hydroxyl groups excluding tert-OH is 1. The molecule has 276 valence electrons. The normalized spacial score (nSPS) is 20.7. The molecule has 2 aliphatic rings. The van der Waals surface area contributed by atoms with Crippen molar-refractivity contribution in [1.82, 2.24) is 20.1 Å². The molecular weight excluding hydrogens is 657 g/mol. The maximum atomic E-state index is 14.0. The van der Waals surface area contributed by atoms with Crippen LogP contribution in [-0.4, -0.2) is 100 Å². The summed E-state index contributed by atoms with van der Waals surface area (Å²) >= 11 is 1.59. The third kappa shape index (κ3) is 10.4. The number of likely N-dealkylation sites (tertiary alicyclic amines) is 2. The van der Waals surface area contributed by atoms with Crippen LogP contribution in [0.15, 0.2) is 29.8 Å². The lowest BCUT2D eigenvalue weighted by Crippen LogP contribution is -2.57. The Morgan fingerprint density at radius 2 is 1.72 bits per heavy atom. The first kappa shape index (κ1) is 39.4. The summed E-state index contributed by atoms with van der Waals surface area (Å²) in [6.07, 6.45) is 0.648. The van der Waals surface area contributed by atoms with Gasteiger partial charge in [-0.05, 0) is 68.4 Å². The van der Waals surface area contributed by atoms with Crippen LogP contribution >= 0.6 is 11.3 Å². The minimum atomic E-state index is -0.924. The van der Waals surface area contributed by atoms with Crippen molar-refractivity contribution in [1.29, 1.82) is 0 Å². The Hall–Kier alpha value is -3.35. The quantitative estimate of drug-likeness (QED) is 0.302. The monoisotopic (exact) mass is 712 g/mol. The summed E-state index contributed by atoms with van der Waals surface area (Å²) in [5.41, 5.74) is 3.48. The van der Waals surface area contributed by atoms with Gasteiger partial charge in [0.2, 0.25) is 11.8 Å². The first-order valence-corrected chi connectivity index (χ1v) is 18.5. The Bertz CT molecular complexity index is 1500. The second kappa shape index (κ2) is 15.9. The molecule has 2 aliphatic heterocycles. The molecule has 0 bridgehead atoms. The zero-order valence-electron chi connectivity index (χ0n) is 31.2. The summed E-state index contributed by atoms with van der Waals surface area (Å²) in [5, 5.41) is 13.5.